The zero-order valence-electron chi connectivity index (χ0n) is 10.9. The van der Waals surface area contributed by atoms with E-state index in [0.717, 1.165) is 30.4 Å². The molecule has 0 radical (unpaired) electrons. The fourth-order valence-electron chi connectivity index (χ4n) is 2.42. The van der Waals surface area contributed by atoms with Crippen molar-refractivity contribution in [2.45, 2.75) is 39.2 Å². The van der Waals surface area contributed by atoms with Crippen LogP contribution in [0.3, 0.4) is 0 Å². The smallest absolute Gasteiger partial charge is 0.123 e. The minimum absolute atomic E-state index is 0.304. The lowest BCUT2D eigenvalue weighted by Crippen LogP contribution is -2.28. The Morgan fingerprint density at radius 3 is 2.83 bits per heavy atom. The Hall–Kier alpha value is -1.16. The topological polar surface area (TPSA) is 48.1 Å². The van der Waals surface area contributed by atoms with E-state index in [4.69, 9.17) is 22.7 Å². The number of hydrogen-bond acceptors (Lipinski definition) is 3. The van der Waals surface area contributed by atoms with Crippen molar-refractivity contribution in [1.29, 1.82) is 0 Å². The van der Waals surface area contributed by atoms with Crippen molar-refractivity contribution in [2.24, 2.45) is 17.6 Å². The fraction of sp³-hybridized carbons (Fsp3) is 0.571. The molecule has 4 heteroatoms. The Balaban J connectivity index is 2.01. The van der Waals surface area contributed by atoms with Crippen LogP contribution in [0.1, 0.15) is 38.8 Å². The van der Waals surface area contributed by atoms with E-state index in [1.165, 1.54) is 6.42 Å². The maximum atomic E-state index is 6.01. The monoisotopic (exact) mass is 264 g/mol. The maximum Gasteiger partial charge on any atom is 0.123 e. The van der Waals surface area contributed by atoms with Gasteiger partial charge in [0.1, 0.15) is 16.4 Å². The first-order valence-corrected chi connectivity index (χ1v) is 6.89. The second-order valence-corrected chi connectivity index (χ2v) is 5.69. The van der Waals surface area contributed by atoms with E-state index < -0.39 is 0 Å². The number of aromatic nitrogens is 1. The lowest BCUT2D eigenvalue weighted by Gasteiger charge is -2.32. The number of rotatable bonds is 3. The summed E-state index contributed by atoms with van der Waals surface area (Å²) in [5.74, 6) is 2.34. The third-order valence-corrected chi connectivity index (χ3v) is 4.05. The van der Waals surface area contributed by atoms with Gasteiger partial charge < -0.3 is 10.5 Å². The number of thiocarbonyl (C=S) groups is 1. The highest BCUT2D eigenvalue weighted by Crippen LogP contribution is 2.31. The molecule has 0 amide bonds. The average molecular weight is 264 g/mol. The van der Waals surface area contributed by atoms with Crippen LogP contribution in [0.4, 0.5) is 0 Å². The SMILES string of the molecule is CC1CCC(Oc2ccnc(C(N)=S)c2)CC1C. The van der Waals surface area contributed by atoms with Crippen LogP contribution >= 0.6 is 12.2 Å². The number of ether oxygens (including phenoxy) is 1. The molecule has 1 aromatic heterocycles. The molecule has 0 bridgehead atoms. The molecule has 2 N–H and O–H groups in total. The van der Waals surface area contributed by atoms with Crippen LogP contribution in [0.25, 0.3) is 0 Å². The van der Waals surface area contributed by atoms with Crippen LogP contribution in [0.5, 0.6) is 5.75 Å². The Labute approximate surface area is 114 Å². The van der Waals surface area contributed by atoms with E-state index in [1.54, 1.807) is 6.20 Å². The lowest BCUT2D eigenvalue weighted by atomic mass is 9.80. The molecule has 0 aromatic carbocycles. The summed E-state index contributed by atoms with van der Waals surface area (Å²) in [4.78, 5) is 4.42. The minimum Gasteiger partial charge on any atom is -0.490 e. The third kappa shape index (κ3) is 3.19. The molecule has 1 heterocycles. The van der Waals surface area contributed by atoms with Gasteiger partial charge in [-0.3, -0.25) is 4.98 Å². The molecule has 1 aromatic rings. The van der Waals surface area contributed by atoms with Crippen molar-refractivity contribution in [1.82, 2.24) is 4.98 Å². The van der Waals surface area contributed by atoms with Crippen molar-refractivity contribution < 1.29 is 4.74 Å². The maximum absolute atomic E-state index is 6.01. The number of hydrogen-bond donors (Lipinski definition) is 1. The first-order chi connectivity index (χ1) is 8.56. The normalized spacial score (nSPS) is 27.8. The average Bonchev–Trinajstić information content (AvgIpc) is 2.34. The van der Waals surface area contributed by atoms with Crippen LogP contribution in [0, 0.1) is 11.8 Å². The van der Waals surface area contributed by atoms with Gasteiger partial charge in [-0.15, -0.1) is 0 Å². The molecule has 0 spiro atoms. The van der Waals surface area contributed by atoms with Crippen molar-refractivity contribution in [2.75, 3.05) is 0 Å². The summed E-state index contributed by atoms with van der Waals surface area (Å²) in [6.07, 6.45) is 5.47. The number of pyridine rings is 1. The van der Waals surface area contributed by atoms with Gasteiger partial charge in [0.25, 0.3) is 0 Å². The summed E-state index contributed by atoms with van der Waals surface area (Å²) in [6, 6.07) is 3.69. The highest BCUT2D eigenvalue weighted by Gasteiger charge is 2.25. The Morgan fingerprint density at radius 2 is 2.17 bits per heavy atom. The Kier molecular flexibility index (Phi) is 4.17. The van der Waals surface area contributed by atoms with E-state index in [9.17, 15) is 0 Å². The highest BCUT2D eigenvalue weighted by atomic mass is 32.1. The summed E-state index contributed by atoms with van der Waals surface area (Å²) < 4.78 is 6.01. The van der Waals surface area contributed by atoms with E-state index >= 15 is 0 Å². The first-order valence-electron chi connectivity index (χ1n) is 6.48. The quantitative estimate of drug-likeness (QED) is 0.853. The van der Waals surface area contributed by atoms with Crippen molar-refractivity contribution in [3.63, 3.8) is 0 Å². The van der Waals surface area contributed by atoms with Gasteiger partial charge >= 0.3 is 0 Å². The molecular formula is C14H20N2OS. The zero-order valence-corrected chi connectivity index (χ0v) is 11.7. The summed E-state index contributed by atoms with van der Waals surface area (Å²) in [5, 5.41) is 0. The van der Waals surface area contributed by atoms with Gasteiger partial charge in [0.2, 0.25) is 0 Å². The molecule has 1 saturated carbocycles. The molecule has 0 saturated heterocycles. The predicted octanol–water partition coefficient (Wildman–Crippen LogP) is 2.92. The second-order valence-electron chi connectivity index (χ2n) is 5.25. The van der Waals surface area contributed by atoms with Gasteiger partial charge in [0.05, 0.1) is 6.10 Å². The molecular weight excluding hydrogens is 244 g/mol. The van der Waals surface area contributed by atoms with Crippen LogP contribution < -0.4 is 10.5 Å². The fourth-order valence-corrected chi connectivity index (χ4v) is 2.53. The number of nitrogens with zero attached hydrogens (tertiary/aromatic N) is 1. The van der Waals surface area contributed by atoms with Gasteiger partial charge in [0.15, 0.2) is 0 Å². The summed E-state index contributed by atoms with van der Waals surface area (Å²) in [7, 11) is 0. The van der Waals surface area contributed by atoms with E-state index in [1.807, 2.05) is 12.1 Å². The zero-order chi connectivity index (χ0) is 13.1. The minimum atomic E-state index is 0.304. The molecule has 1 fully saturated rings. The summed E-state index contributed by atoms with van der Waals surface area (Å²) in [6.45, 7) is 4.62. The molecule has 18 heavy (non-hydrogen) atoms. The predicted molar refractivity (Wildman–Crippen MR) is 76.7 cm³/mol. The molecule has 1 aliphatic carbocycles. The van der Waals surface area contributed by atoms with Gasteiger partial charge in [-0.05, 0) is 37.2 Å². The highest BCUT2D eigenvalue weighted by molar-refractivity contribution is 7.80. The van der Waals surface area contributed by atoms with Crippen LogP contribution in [0.15, 0.2) is 18.3 Å². The third-order valence-electron chi connectivity index (χ3n) is 3.84. The van der Waals surface area contributed by atoms with E-state index in [-0.39, 0.29) is 0 Å². The standard InChI is InChI=1S/C14H20N2OS/c1-9-3-4-11(7-10(9)2)17-12-5-6-16-13(8-12)14(15)18/h5-6,8-11H,3-4,7H2,1-2H3,(H2,15,18). The van der Waals surface area contributed by atoms with Crippen LogP contribution in [-0.4, -0.2) is 16.1 Å². The van der Waals surface area contributed by atoms with Gasteiger partial charge in [-0.2, -0.15) is 0 Å². The Bertz CT molecular complexity index is 436. The molecule has 3 atom stereocenters. The van der Waals surface area contributed by atoms with Crippen molar-refractivity contribution >= 4 is 17.2 Å². The first kappa shape index (κ1) is 13.3. The van der Waals surface area contributed by atoms with Gasteiger partial charge in [-0.25, -0.2) is 0 Å². The van der Waals surface area contributed by atoms with Crippen molar-refractivity contribution in [3.05, 3.63) is 24.0 Å². The largest absolute Gasteiger partial charge is 0.490 e. The van der Waals surface area contributed by atoms with Crippen molar-refractivity contribution in [3.8, 4) is 5.75 Å². The summed E-state index contributed by atoms with van der Waals surface area (Å²) in [5.41, 5.74) is 6.19. The molecule has 3 nitrogen and oxygen atoms in total. The van der Waals surface area contributed by atoms with Crippen LogP contribution in [-0.2, 0) is 0 Å². The molecule has 98 valence electrons. The molecule has 3 unspecified atom stereocenters. The van der Waals surface area contributed by atoms with E-state index in [2.05, 4.69) is 18.8 Å². The molecule has 1 aliphatic rings. The summed E-state index contributed by atoms with van der Waals surface area (Å²) >= 11 is 4.92. The van der Waals surface area contributed by atoms with Crippen LogP contribution in [0.2, 0.25) is 0 Å². The van der Waals surface area contributed by atoms with Gasteiger partial charge in [0, 0.05) is 12.3 Å². The Morgan fingerprint density at radius 1 is 1.39 bits per heavy atom. The second kappa shape index (κ2) is 5.65. The number of nitrogens with two attached hydrogens (primary N) is 1. The lowest BCUT2D eigenvalue weighted by molar-refractivity contribution is 0.100. The van der Waals surface area contributed by atoms with Gasteiger partial charge in [-0.1, -0.05) is 26.1 Å². The van der Waals surface area contributed by atoms with E-state index in [0.29, 0.717) is 16.8 Å². The molecule has 0 aliphatic heterocycles. The molecule has 2 rings (SSSR count).